The minimum atomic E-state index is -0.639. The van der Waals surface area contributed by atoms with Gasteiger partial charge in [0.15, 0.2) is 5.69 Å². The van der Waals surface area contributed by atoms with E-state index < -0.39 is 10.9 Å². The predicted molar refractivity (Wildman–Crippen MR) is 78.6 cm³/mol. The molecule has 2 rings (SSSR count). The maximum Gasteiger partial charge on any atom is 0.356 e. The normalized spacial score (nSPS) is 10.2. The van der Waals surface area contributed by atoms with Gasteiger partial charge in [-0.2, -0.15) is 0 Å². The van der Waals surface area contributed by atoms with Crippen LogP contribution in [0.2, 0.25) is 0 Å². The van der Waals surface area contributed by atoms with Crippen LogP contribution in [-0.2, 0) is 11.3 Å². The van der Waals surface area contributed by atoms with E-state index in [1.807, 2.05) is 18.4 Å². The van der Waals surface area contributed by atoms with E-state index >= 15 is 0 Å². The van der Waals surface area contributed by atoms with E-state index in [2.05, 4.69) is 15.0 Å². The lowest BCUT2D eigenvalue weighted by Gasteiger charge is -2.07. The van der Waals surface area contributed by atoms with Crippen LogP contribution >= 0.6 is 11.3 Å². The van der Waals surface area contributed by atoms with Gasteiger partial charge in [0.1, 0.15) is 0 Å². The van der Waals surface area contributed by atoms with Gasteiger partial charge in [0.2, 0.25) is 5.82 Å². The Balaban J connectivity index is 2.28. The number of hydrogen-bond acceptors (Lipinski definition) is 7. The molecule has 0 radical (unpaired) electrons. The summed E-state index contributed by atoms with van der Waals surface area (Å²) in [5, 5.41) is 15.9. The van der Waals surface area contributed by atoms with Crippen molar-refractivity contribution in [3.63, 3.8) is 0 Å². The number of hydrogen-bond donors (Lipinski definition) is 1. The lowest BCUT2D eigenvalue weighted by Crippen LogP contribution is -2.09. The summed E-state index contributed by atoms with van der Waals surface area (Å²) in [6.45, 7) is 2.36. The highest BCUT2D eigenvalue weighted by Gasteiger charge is 2.19. The first-order valence-corrected chi connectivity index (χ1v) is 6.91. The van der Waals surface area contributed by atoms with Gasteiger partial charge in [-0.3, -0.25) is 10.1 Å². The lowest BCUT2D eigenvalue weighted by atomic mass is 10.3. The standard InChI is InChI=1S/C13H13N3O4S/c1-8-5-6-21-11(8)7-14-12-10(16(18)19)4-3-9(15-12)13(17)20-2/h3-6H,7H2,1-2H3,(H,14,15). The molecular formula is C13H13N3O4S. The third-order valence-corrected chi connectivity index (χ3v) is 3.87. The number of rotatable bonds is 5. The van der Waals surface area contributed by atoms with Crippen molar-refractivity contribution in [2.24, 2.45) is 0 Å². The summed E-state index contributed by atoms with van der Waals surface area (Å²) in [4.78, 5) is 26.9. The molecule has 0 aliphatic carbocycles. The Morgan fingerprint density at radius 2 is 2.24 bits per heavy atom. The number of aryl methyl sites for hydroxylation is 1. The second-order valence-electron chi connectivity index (χ2n) is 4.19. The topological polar surface area (TPSA) is 94.4 Å². The molecule has 0 saturated carbocycles. The largest absolute Gasteiger partial charge is 0.464 e. The molecule has 0 aromatic carbocycles. The Hall–Kier alpha value is -2.48. The first kappa shape index (κ1) is 14.9. The summed E-state index contributed by atoms with van der Waals surface area (Å²) < 4.78 is 4.56. The summed E-state index contributed by atoms with van der Waals surface area (Å²) in [5.74, 6) is -0.587. The van der Waals surface area contributed by atoms with Crippen molar-refractivity contribution < 1.29 is 14.5 Å². The van der Waals surface area contributed by atoms with Gasteiger partial charge in [0.05, 0.1) is 18.6 Å². The Labute approximate surface area is 124 Å². The van der Waals surface area contributed by atoms with E-state index in [1.54, 1.807) is 11.3 Å². The molecule has 7 nitrogen and oxygen atoms in total. The highest BCUT2D eigenvalue weighted by atomic mass is 32.1. The van der Waals surface area contributed by atoms with Crippen LogP contribution in [0.4, 0.5) is 11.5 Å². The molecule has 2 aromatic rings. The van der Waals surface area contributed by atoms with Crippen LogP contribution in [0.5, 0.6) is 0 Å². The molecule has 0 aliphatic rings. The van der Waals surface area contributed by atoms with Crippen molar-refractivity contribution in [2.75, 3.05) is 12.4 Å². The molecule has 0 saturated heterocycles. The number of carbonyl (C=O) groups excluding carboxylic acids is 1. The number of carbonyl (C=O) groups is 1. The third-order valence-electron chi connectivity index (χ3n) is 2.85. The van der Waals surface area contributed by atoms with Crippen molar-refractivity contribution in [3.05, 3.63) is 49.8 Å². The average molecular weight is 307 g/mol. The minimum absolute atomic E-state index is 0.0218. The van der Waals surface area contributed by atoms with Gasteiger partial charge in [-0.15, -0.1) is 11.3 Å². The predicted octanol–water partition coefficient (Wildman–Crippen LogP) is 2.76. The van der Waals surface area contributed by atoms with Gasteiger partial charge in [-0.05, 0) is 30.0 Å². The maximum atomic E-state index is 11.5. The molecule has 0 bridgehead atoms. The highest BCUT2D eigenvalue weighted by molar-refractivity contribution is 7.10. The number of nitrogens with one attached hydrogen (secondary N) is 1. The molecule has 1 N–H and O–H groups in total. The summed E-state index contributed by atoms with van der Waals surface area (Å²) in [7, 11) is 1.23. The second-order valence-corrected chi connectivity index (χ2v) is 5.19. The molecule has 21 heavy (non-hydrogen) atoms. The van der Waals surface area contributed by atoms with E-state index in [-0.39, 0.29) is 17.2 Å². The molecule has 8 heteroatoms. The number of methoxy groups -OCH3 is 1. The third kappa shape index (κ3) is 3.34. The van der Waals surface area contributed by atoms with Crippen molar-refractivity contribution in [1.82, 2.24) is 4.98 Å². The minimum Gasteiger partial charge on any atom is -0.464 e. The summed E-state index contributed by atoms with van der Waals surface area (Å²) in [6.07, 6.45) is 0. The van der Waals surface area contributed by atoms with Crippen molar-refractivity contribution in [1.29, 1.82) is 0 Å². The molecule has 2 heterocycles. The Kier molecular flexibility index (Phi) is 4.49. The number of ether oxygens (including phenoxy) is 1. The Morgan fingerprint density at radius 3 is 2.81 bits per heavy atom. The van der Waals surface area contributed by atoms with Gasteiger partial charge in [-0.1, -0.05) is 0 Å². The Morgan fingerprint density at radius 1 is 1.48 bits per heavy atom. The zero-order valence-electron chi connectivity index (χ0n) is 11.5. The number of thiophene rings is 1. The van der Waals surface area contributed by atoms with Crippen LogP contribution in [0.15, 0.2) is 23.6 Å². The fourth-order valence-corrected chi connectivity index (χ4v) is 2.54. The number of pyridine rings is 1. The SMILES string of the molecule is COC(=O)c1ccc([N+](=O)[O-])c(NCc2sccc2C)n1. The number of aromatic nitrogens is 1. The molecule has 0 aliphatic heterocycles. The first-order valence-electron chi connectivity index (χ1n) is 6.03. The van der Waals surface area contributed by atoms with Crippen LogP contribution in [-0.4, -0.2) is 23.0 Å². The van der Waals surface area contributed by atoms with Crippen LogP contribution in [0.25, 0.3) is 0 Å². The number of nitrogens with zero attached hydrogens (tertiary/aromatic N) is 2. The molecular weight excluding hydrogens is 294 g/mol. The van der Waals surface area contributed by atoms with E-state index in [0.29, 0.717) is 6.54 Å². The quantitative estimate of drug-likeness (QED) is 0.518. The van der Waals surface area contributed by atoms with Gasteiger partial charge in [0.25, 0.3) is 0 Å². The fraction of sp³-hybridized carbons (Fsp3) is 0.231. The van der Waals surface area contributed by atoms with E-state index in [9.17, 15) is 14.9 Å². The number of anilines is 1. The van der Waals surface area contributed by atoms with Gasteiger partial charge >= 0.3 is 11.7 Å². The first-order chi connectivity index (χ1) is 10.0. The molecule has 2 aromatic heterocycles. The van der Waals surface area contributed by atoms with E-state index in [0.717, 1.165) is 10.4 Å². The van der Waals surface area contributed by atoms with Crippen molar-refractivity contribution >= 4 is 28.8 Å². The van der Waals surface area contributed by atoms with Crippen LogP contribution in [0.1, 0.15) is 20.9 Å². The molecule has 0 unspecified atom stereocenters. The fourth-order valence-electron chi connectivity index (χ4n) is 1.70. The average Bonchev–Trinajstić information content (AvgIpc) is 2.89. The molecule has 0 amide bonds. The van der Waals surface area contributed by atoms with Crippen LogP contribution < -0.4 is 5.32 Å². The van der Waals surface area contributed by atoms with E-state index in [1.165, 1.54) is 19.2 Å². The summed E-state index contributed by atoms with van der Waals surface area (Å²) in [6, 6.07) is 4.47. The lowest BCUT2D eigenvalue weighted by molar-refractivity contribution is -0.384. The van der Waals surface area contributed by atoms with Gasteiger partial charge in [-0.25, -0.2) is 9.78 Å². The summed E-state index contributed by atoms with van der Waals surface area (Å²) in [5.41, 5.74) is 0.935. The van der Waals surface area contributed by atoms with Crippen LogP contribution in [0.3, 0.4) is 0 Å². The van der Waals surface area contributed by atoms with Crippen molar-refractivity contribution in [3.8, 4) is 0 Å². The number of nitro groups is 1. The van der Waals surface area contributed by atoms with Gasteiger partial charge in [0, 0.05) is 10.9 Å². The molecule has 0 atom stereocenters. The van der Waals surface area contributed by atoms with E-state index in [4.69, 9.17) is 0 Å². The monoisotopic (exact) mass is 307 g/mol. The maximum absolute atomic E-state index is 11.5. The zero-order chi connectivity index (χ0) is 15.4. The molecule has 110 valence electrons. The Bertz CT molecular complexity index is 684. The molecule has 0 fully saturated rings. The second kappa shape index (κ2) is 6.31. The van der Waals surface area contributed by atoms with Crippen molar-refractivity contribution in [2.45, 2.75) is 13.5 Å². The molecule has 0 spiro atoms. The van der Waals surface area contributed by atoms with Gasteiger partial charge < -0.3 is 10.1 Å². The summed E-state index contributed by atoms with van der Waals surface area (Å²) >= 11 is 1.55. The smallest absolute Gasteiger partial charge is 0.356 e. The van der Waals surface area contributed by atoms with Crippen LogP contribution in [0, 0.1) is 17.0 Å². The number of esters is 1. The highest BCUT2D eigenvalue weighted by Crippen LogP contribution is 2.24. The zero-order valence-corrected chi connectivity index (χ0v) is 12.3.